The van der Waals surface area contributed by atoms with Crippen LogP contribution in [0.2, 0.25) is 0 Å². The van der Waals surface area contributed by atoms with Crippen LogP contribution < -0.4 is 23.8 Å². The molecule has 11 heteroatoms. The number of ether oxygens (including phenoxy) is 4. The van der Waals surface area contributed by atoms with Crippen LogP contribution in [0.25, 0.3) is 0 Å². The first kappa shape index (κ1) is 39.4. The van der Waals surface area contributed by atoms with Gasteiger partial charge >= 0.3 is 0 Å². The minimum atomic E-state index is -0.769. The van der Waals surface area contributed by atoms with Gasteiger partial charge in [-0.15, -0.1) is 36.6 Å². The SMILES string of the molecule is COc1cc(CCN2CCN(C/C=C\COc3ccccc3[C@@]3(C(C)C)Sc4ccccc4N(C)C3=O)CC2)cc(OC)c1OC.Cl.Cl. The van der Waals surface area contributed by atoms with Crippen molar-refractivity contribution in [3.05, 3.63) is 83.9 Å². The van der Waals surface area contributed by atoms with Crippen molar-refractivity contribution in [1.82, 2.24) is 9.80 Å². The van der Waals surface area contributed by atoms with Crippen LogP contribution >= 0.6 is 36.6 Å². The average Bonchev–Trinajstić information content (AvgIpc) is 3.08. The van der Waals surface area contributed by atoms with Gasteiger partial charge in [0.2, 0.25) is 11.7 Å². The summed E-state index contributed by atoms with van der Waals surface area (Å²) in [4.78, 5) is 21.9. The Hall–Kier alpha value is -3.08. The maximum absolute atomic E-state index is 14.0. The number of hydrogen-bond acceptors (Lipinski definition) is 8. The van der Waals surface area contributed by atoms with Gasteiger partial charge in [-0.2, -0.15) is 0 Å². The van der Waals surface area contributed by atoms with Gasteiger partial charge in [0.05, 0.1) is 27.0 Å². The van der Waals surface area contributed by atoms with Crippen molar-refractivity contribution in [2.75, 3.05) is 79.2 Å². The molecule has 0 aliphatic carbocycles. The van der Waals surface area contributed by atoms with E-state index in [1.165, 1.54) is 5.56 Å². The fourth-order valence-electron chi connectivity index (χ4n) is 6.33. The Morgan fingerprint density at radius 3 is 2.10 bits per heavy atom. The average molecular weight is 719 g/mol. The van der Waals surface area contributed by atoms with Crippen molar-refractivity contribution in [3.8, 4) is 23.0 Å². The minimum Gasteiger partial charge on any atom is -0.493 e. The zero-order chi connectivity index (χ0) is 32.7. The van der Waals surface area contributed by atoms with Gasteiger partial charge in [0.15, 0.2) is 11.5 Å². The Labute approximate surface area is 302 Å². The van der Waals surface area contributed by atoms with E-state index in [1.54, 1.807) is 38.0 Å². The summed E-state index contributed by atoms with van der Waals surface area (Å²) in [6.07, 6.45) is 5.20. The quantitative estimate of drug-likeness (QED) is 0.176. The molecule has 2 aliphatic heterocycles. The lowest BCUT2D eigenvalue weighted by atomic mass is 9.85. The molecule has 0 N–H and O–H groups in total. The summed E-state index contributed by atoms with van der Waals surface area (Å²) < 4.78 is 22.1. The van der Waals surface area contributed by atoms with E-state index in [0.717, 1.165) is 67.6 Å². The third-order valence-corrected chi connectivity index (χ3v) is 10.7. The second-order valence-electron chi connectivity index (χ2n) is 12.0. The predicted octanol–water partition coefficient (Wildman–Crippen LogP) is 6.97. The molecule has 0 aromatic heterocycles. The number of benzene rings is 3. The smallest absolute Gasteiger partial charge is 0.248 e. The van der Waals surface area contributed by atoms with Crippen LogP contribution in [0.1, 0.15) is 25.0 Å². The first-order chi connectivity index (χ1) is 22.3. The van der Waals surface area contributed by atoms with Crippen LogP contribution in [0.5, 0.6) is 23.0 Å². The van der Waals surface area contributed by atoms with Gasteiger partial charge in [-0.3, -0.25) is 9.69 Å². The Kier molecular flexibility index (Phi) is 14.8. The number of piperazine rings is 1. The number of carbonyl (C=O) groups is 1. The standard InChI is InChI=1S/C37H47N3O5S.2ClH/c1-27(2)37(36(41)38(3)30-14-8-10-16-34(30)46-37)29-13-7-9-15-31(29)45-24-12-11-18-39-20-22-40(23-21-39)19-17-28-25-32(42-4)35(44-6)33(26-28)43-5;;/h7-16,25-27H,17-24H2,1-6H3;2*1H/b12-11-;;/t37-;;/m1../s1. The third kappa shape index (κ3) is 8.37. The summed E-state index contributed by atoms with van der Waals surface area (Å²) in [7, 11) is 6.80. The Morgan fingerprint density at radius 2 is 1.46 bits per heavy atom. The molecule has 5 rings (SSSR count). The number of halogens is 2. The highest BCUT2D eigenvalue weighted by Crippen LogP contribution is 2.56. The number of methoxy groups -OCH3 is 3. The molecule has 3 aromatic carbocycles. The molecule has 1 fully saturated rings. The van der Waals surface area contributed by atoms with Crippen molar-refractivity contribution >= 4 is 48.2 Å². The van der Waals surface area contributed by atoms with E-state index in [0.29, 0.717) is 23.9 Å². The number of amides is 1. The van der Waals surface area contributed by atoms with E-state index >= 15 is 0 Å². The maximum atomic E-state index is 14.0. The van der Waals surface area contributed by atoms with Gasteiger partial charge in [0, 0.05) is 56.8 Å². The van der Waals surface area contributed by atoms with Crippen molar-refractivity contribution in [1.29, 1.82) is 0 Å². The van der Waals surface area contributed by atoms with Crippen LogP contribution in [0.15, 0.2) is 77.7 Å². The van der Waals surface area contributed by atoms with Gasteiger partial charge in [-0.25, -0.2) is 0 Å². The third-order valence-electron chi connectivity index (χ3n) is 8.99. The zero-order valence-corrected chi connectivity index (χ0v) is 31.2. The Bertz CT molecular complexity index is 1510. The van der Waals surface area contributed by atoms with E-state index in [-0.39, 0.29) is 36.6 Å². The topological polar surface area (TPSA) is 63.7 Å². The molecule has 0 unspecified atom stereocenters. The molecule has 0 spiro atoms. The highest BCUT2D eigenvalue weighted by Gasteiger charge is 2.51. The van der Waals surface area contributed by atoms with E-state index in [4.69, 9.17) is 18.9 Å². The van der Waals surface area contributed by atoms with Crippen LogP contribution in [0.4, 0.5) is 5.69 Å². The van der Waals surface area contributed by atoms with Crippen LogP contribution in [0.3, 0.4) is 0 Å². The highest BCUT2D eigenvalue weighted by atomic mass is 35.5. The Morgan fingerprint density at radius 1 is 0.833 bits per heavy atom. The van der Waals surface area contributed by atoms with Gasteiger partial charge in [0.25, 0.3) is 0 Å². The molecule has 0 bridgehead atoms. The number of thioether (sulfide) groups is 1. The second-order valence-corrected chi connectivity index (χ2v) is 13.3. The summed E-state index contributed by atoms with van der Waals surface area (Å²) in [6.45, 7) is 10.7. The summed E-state index contributed by atoms with van der Waals surface area (Å²) in [6, 6.07) is 20.2. The molecular formula is C37H49Cl2N3O5S. The van der Waals surface area contributed by atoms with Crippen LogP contribution in [-0.2, 0) is 16.0 Å². The van der Waals surface area contributed by atoms with Crippen molar-refractivity contribution in [2.45, 2.75) is 29.9 Å². The molecule has 2 aliphatic rings. The summed E-state index contributed by atoms with van der Waals surface area (Å²) in [5.41, 5.74) is 3.05. The molecule has 1 saturated heterocycles. The number of nitrogens with zero attached hydrogens (tertiary/aromatic N) is 3. The van der Waals surface area contributed by atoms with E-state index in [9.17, 15) is 4.79 Å². The van der Waals surface area contributed by atoms with E-state index in [1.807, 2.05) is 61.6 Å². The fourth-order valence-corrected chi connectivity index (χ4v) is 7.88. The van der Waals surface area contributed by atoms with Gasteiger partial charge in [0.1, 0.15) is 17.1 Å². The summed E-state index contributed by atoms with van der Waals surface area (Å²) >= 11 is 1.64. The van der Waals surface area contributed by atoms with Crippen LogP contribution in [0, 0.1) is 5.92 Å². The van der Waals surface area contributed by atoms with Crippen molar-refractivity contribution < 1.29 is 23.7 Å². The zero-order valence-electron chi connectivity index (χ0n) is 28.8. The number of para-hydroxylation sites is 2. The number of rotatable bonds is 13. The lowest BCUT2D eigenvalue weighted by molar-refractivity contribution is -0.122. The summed E-state index contributed by atoms with van der Waals surface area (Å²) in [5.74, 6) is 2.92. The normalized spacial score (nSPS) is 18.2. The molecule has 48 heavy (non-hydrogen) atoms. The summed E-state index contributed by atoms with van der Waals surface area (Å²) in [5, 5.41) is 0. The fraction of sp³-hybridized carbons (Fsp3) is 0.432. The predicted molar refractivity (Wildman–Crippen MR) is 200 cm³/mol. The Balaban J connectivity index is 0.00000312. The number of anilines is 1. The van der Waals surface area contributed by atoms with Crippen molar-refractivity contribution in [2.24, 2.45) is 5.92 Å². The first-order valence-electron chi connectivity index (χ1n) is 16.0. The van der Waals surface area contributed by atoms with E-state index in [2.05, 4.69) is 41.9 Å². The largest absolute Gasteiger partial charge is 0.493 e. The van der Waals surface area contributed by atoms with Gasteiger partial charge < -0.3 is 28.7 Å². The minimum absolute atomic E-state index is 0. The molecule has 2 heterocycles. The van der Waals surface area contributed by atoms with Crippen LogP contribution in [-0.4, -0.2) is 90.0 Å². The van der Waals surface area contributed by atoms with Gasteiger partial charge in [-0.1, -0.05) is 56.3 Å². The van der Waals surface area contributed by atoms with Gasteiger partial charge in [-0.05, 0) is 48.2 Å². The number of likely N-dealkylation sites (N-methyl/N-ethyl adjacent to an activating group) is 1. The molecule has 1 atom stereocenters. The molecule has 3 aromatic rings. The molecular weight excluding hydrogens is 669 g/mol. The number of carbonyl (C=O) groups excluding carboxylic acids is 1. The molecule has 0 radical (unpaired) electrons. The molecule has 0 saturated carbocycles. The van der Waals surface area contributed by atoms with Crippen molar-refractivity contribution in [3.63, 3.8) is 0 Å². The molecule has 1 amide bonds. The second kappa shape index (κ2) is 18.1. The highest BCUT2D eigenvalue weighted by molar-refractivity contribution is 8.01. The van der Waals surface area contributed by atoms with E-state index < -0.39 is 4.75 Å². The molecule has 8 nitrogen and oxygen atoms in total. The molecule has 262 valence electrons. The lowest BCUT2D eigenvalue weighted by Gasteiger charge is -2.43. The monoisotopic (exact) mass is 717 g/mol. The lowest BCUT2D eigenvalue weighted by Crippen LogP contribution is -2.49. The first-order valence-corrected chi connectivity index (χ1v) is 16.8. The maximum Gasteiger partial charge on any atom is 0.248 e. The number of fused-ring (bicyclic) bond motifs is 1. The number of hydrogen-bond donors (Lipinski definition) is 0.